The smallest absolute Gasteiger partial charge is 0.0821 e. The van der Waals surface area contributed by atoms with E-state index in [0.717, 1.165) is 37.1 Å². The standard InChI is InChI=1S/C13H21N3O/c1-16(10-13(17)6-2-3-7-13)12-5-4-8-15-11(12)9-14/h4-5,8,17H,2-3,6-7,9-10,14H2,1H3. The third-order valence-electron chi connectivity index (χ3n) is 3.54. The van der Waals surface area contributed by atoms with E-state index in [-0.39, 0.29) is 0 Å². The number of rotatable bonds is 4. The molecule has 0 unspecified atom stereocenters. The highest BCUT2D eigenvalue weighted by Crippen LogP contribution is 2.31. The first-order valence-corrected chi connectivity index (χ1v) is 6.22. The van der Waals surface area contributed by atoms with E-state index in [1.54, 1.807) is 6.20 Å². The molecule has 1 fully saturated rings. The van der Waals surface area contributed by atoms with Gasteiger partial charge in [-0.2, -0.15) is 0 Å². The Morgan fingerprint density at radius 3 is 2.82 bits per heavy atom. The van der Waals surface area contributed by atoms with Crippen LogP contribution in [-0.2, 0) is 6.54 Å². The number of likely N-dealkylation sites (N-methyl/N-ethyl adjacent to an activating group) is 1. The summed E-state index contributed by atoms with van der Waals surface area (Å²) in [6.45, 7) is 1.09. The minimum atomic E-state index is -0.531. The van der Waals surface area contributed by atoms with Crippen molar-refractivity contribution >= 4 is 5.69 Å². The van der Waals surface area contributed by atoms with E-state index in [0.29, 0.717) is 13.1 Å². The van der Waals surface area contributed by atoms with E-state index >= 15 is 0 Å². The molecule has 1 aliphatic carbocycles. The third kappa shape index (κ3) is 2.76. The monoisotopic (exact) mass is 235 g/mol. The molecule has 0 spiro atoms. The Morgan fingerprint density at radius 2 is 2.18 bits per heavy atom. The van der Waals surface area contributed by atoms with Gasteiger partial charge in [-0.05, 0) is 25.0 Å². The molecule has 0 saturated heterocycles. The van der Waals surface area contributed by atoms with Crippen LogP contribution in [0, 0.1) is 0 Å². The van der Waals surface area contributed by atoms with Gasteiger partial charge < -0.3 is 15.7 Å². The first kappa shape index (κ1) is 12.3. The molecule has 0 bridgehead atoms. The summed E-state index contributed by atoms with van der Waals surface area (Å²) in [6, 6.07) is 3.91. The fourth-order valence-electron chi connectivity index (χ4n) is 2.65. The SMILES string of the molecule is CN(CC1(O)CCCC1)c1cccnc1CN. The molecule has 0 atom stereocenters. The molecule has 94 valence electrons. The first-order chi connectivity index (χ1) is 8.14. The number of aromatic nitrogens is 1. The first-order valence-electron chi connectivity index (χ1n) is 6.22. The van der Waals surface area contributed by atoms with E-state index in [1.807, 2.05) is 19.2 Å². The molecule has 0 aromatic carbocycles. The maximum atomic E-state index is 10.4. The summed E-state index contributed by atoms with van der Waals surface area (Å²) in [5, 5.41) is 10.4. The Kier molecular flexibility index (Phi) is 3.64. The summed E-state index contributed by atoms with van der Waals surface area (Å²) in [7, 11) is 1.99. The van der Waals surface area contributed by atoms with Crippen LogP contribution in [-0.4, -0.2) is 29.3 Å². The number of aliphatic hydroxyl groups is 1. The molecule has 1 aliphatic rings. The van der Waals surface area contributed by atoms with Crippen molar-refractivity contribution < 1.29 is 5.11 Å². The number of hydrogen-bond donors (Lipinski definition) is 2. The highest BCUT2D eigenvalue weighted by Gasteiger charge is 2.32. The number of pyridine rings is 1. The molecule has 1 saturated carbocycles. The highest BCUT2D eigenvalue weighted by molar-refractivity contribution is 5.50. The van der Waals surface area contributed by atoms with Crippen LogP contribution >= 0.6 is 0 Å². The van der Waals surface area contributed by atoms with E-state index in [2.05, 4.69) is 9.88 Å². The summed E-state index contributed by atoms with van der Waals surface area (Å²) in [6.07, 6.45) is 5.80. The van der Waals surface area contributed by atoms with E-state index in [9.17, 15) is 5.11 Å². The molecule has 0 radical (unpaired) electrons. The Hall–Kier alpha value is -1.13. The van der Waals surface area contributed by atoms with Gasteiger partial charge in [0.2, 0.25) is 0 Å². The Bertz CT molecular complexity index is 375. The van der Waals surface area contributed by atoms with Crippen molar-refractivity contribution in [3.8, 4) is 0 Å². The van der Waals surface area contributed by atoms with Gasteiger partial charge in [0.1, 0.15) is 0 Å². The van der Waals surface area contributed by atoms with Crippen molar-refractivity contribution in [3.63, 3.8) is 0 Å². The molecule has 0 aliphatic heterocycles. The molecule has 0 amide bonds. The van der Waals surface area contributed by atoms with E-state index < -0.39 is 5.60 Å². The van der Waals surface area contributed by atoms with Crippen LogP contribution < -0.4 is 10.6 Å². The highest BCUT2D eigenvalue weighted by atomic mass is 16.3. The summed E-state index contributed by atoms with van der Waals surface area (Å²) in [5.41, 5.74) is 7.06. The molecule has 2 rings (SSSR count). The van der Waals surface area contributed by atoms with Gasteiger partial charge in [-0.1, -0.05) is 12.8 Å². The van der Waals surface area contributed by atoms with Gasteiger partial charge in [-0.25, -0.2) is 0 Å². The summed E-state index contributed by atoms with van der Waals surface area (Å²) < 4.78 is 0. The minimum absolute atomic E-state index is 0.430. The lowest BCUT2D eigenvalue weighted by atomic mass is 10.0. The van der Waals surface area contributed by atoms with Gasteiger partial charge in [0, 0.05) is 26.3 Å². The largest absolute Gasteiger partial charge is 0.388 e. The maximum absolute atomic E-state index is 10.4. The predicted octanol–water partition coefficient (Wildman–Crippen LogP) is 1.28. The summed E-state index contributed by atoms with van der Waals surface area (Å²) in [5.74, 6) is 0. The number of anilines is 1. The lowest BCUT2D eigenvalue weighted by molar-refractivity contribution is 0.0559. The van der Waals surface area contributed by atoms with Crippen LogP contribution in [0.3, 0.4) is 0 Å². The predicted molar refractivity (Wildman–Crippen MR) is 68.8 cm³/mol. The third-order valence-corrected chi connectivity index (χ3v) is 3.54. The lowest BCUT2D eigenvalue weighted by Gasteiger charge is -2.30. The number of nitrogens with two attached hydrogens (primary N) is 1. The number of nitrogens with zero attached hydrogens (tertiary/aromatic N) is 2. The van der Waals surface area contributed by atoms with Crippen molar-refractivity contribution in [1.82, 2.24) is 4.98 Å². The average molecular weight is 235 g/mol. The fourth-order valence-corrected chi connectivity index (χ4v) is 2.65. The average Bonchev–Trinajstić information content (AvgIpc) is 2.75. The van der Waals surface area contributed by atoms with Crippen LogP contribution in [0.25, 0.3) is 0 Å². The second kappa shape index (κ2) is 5.02. The van der Waals surface area contributed by atoms with Gasteiger partial charge in [0.15, 0.2) is 0 Å². The normalized spacial score (nSPS) is 18.3. The molecule has 4 nitrogen and oxygen atoms in total. The molecular formula is C13H21N3O. The van der Waals surface area contributed by atoms with Gasteiger partial charge >= 0.3 is 0 Å². The zero-order valence-corrected chi connectivity index (χ0v) is 10.4. The second-order valence-corrected chi connectivity index (χ2v) is 4.96. The van der Waals surface area contributed by atoms with Gasteiger partial charge in [-0.3, -0.25) is 4.98 Å². The quantitative estimate of drug-likeness (QED) is 0.825. The van der Waals surface area contributed by atoms with Crippen LogP contribution in [0.1, 0.15) is 31.4 Å². The van der Waals surface area contributed by atoms with Gasteiger partial charge in [0.25, 0.3) is 0 Å². The summed E-state index contributed by atoms with van der Waals surface area (Å²) in [4.78, 5) is 6.34. The zero-order chi connectivity index (χ0) is 12.3. The maximum Gasteiger partial charge on any atom is 0.0821 e. The Labute approximate surface area is 102 Å². The topological polar surface area (TPSA) is 62.4 Å². The van der Waals surface area contributed by atoms with Crippen LogP contribution in [0.4, 0.5) is 5.69 Å². The van der Waals surface area contributed by atoms with Crippen LogP contribution in [0.2, 0.25) is 0 Å². The Balaban J connectivity index is 2.11. The molecule has 4 heteroatoms. The van der Waals surface area contributed by atoms with Gasteiger partial charge in [0.05, 0.1) is 17.0 Å². The van der Waals surface area contributed by atoms with Crippen molar-refractivity contribution in [2.75, 3.05) is 18.5 Å². The van der Waals surface area contributed by atoms with Crippen molar-refractivity contribution in [2.45, 2.75) is 37.8 Å². The van der Waals surface area contributed by atoms with Crippen molar-refractivity contribution in [3.05, 3.63) is 24.0 Å². The molecule has 17 heavy (non-hydrogen) atoms. The molecule has 1 aromatic heterocycles. The van der Waals surface area contributed by atoms with Gasteiger partial charge in [-0.15, -0.1) is 0 Å². The minimum Gasteiger partial charge on any atom is -0.388 e. The van der Waals surface area contributed by atoms with E-state index in [4.69, 9.17) is 5.73 Å². The van der Waals surface area contributed by atoms with Crippen LogP contribution in [0.15, 0.2) is 18.3 Å². The molecular weight excluding hydrogens is 214 g/mol. The summed E-state index contributed by atoms with van der Waals surface area (Å²) >= 11 is 0. The molecule has 1 aromatic rings. The fraction of sp³-hybridized carbons (Fsp3) is 0.615. The molecule has 3 N–H and O–H groups in total. The zero-order valence-electron chi connectivity index (χ0n) is 10.4. The second-order valence-electron chi connectivity index (χ2n) is 4.96. The molecule has 1 heterocycles. The number of hydrogen-bond acceptors (Lipinski definition) is 4. The van der Waals surface area contributed by atoms with Crippen molar-refractivity contribution in [2.24, 2.45) is 5.73 Å². The lowest BCUT2D eigenvalue weighted by Crippen LogP contribution is -2.39. The van der Waals surface area contributed by atoms with E-state index in [1.165, 1.54) is 0 Å². The van der Waals surface area contributed by atoms with Crippen molar-refractivity contribution in [1.29, 1.82) is 0 Å². The van der Waals surface area contributed by atoms with Crippen LogP contribution in [0.5, 0.6) is 0 Å². The Morgan fingerprint density at radius 1 is 1.47 bits per heavy atom.